The van der Waals surface area contributed by atoms with Gasteiger partial charge >= 0.3 is 11.9 Å². The highest BCUT2D eigenvalue weighted by atomic mass is 32.1. The summed E-state index contributed by atoms with van der Waals surface area (Å²) >= 11 is 5.12. The average molecular weight is 686 g/mol. The summed E-state index contributed by atoms with van der Waals surface area (Å²) in [6.07, 6.45) is 2.64. The molecule has 6 rings (SSSR count). The Morgan fingerprint density at radius 1 is 1.00 bits per heavy atom. The van der Waals surface area contributed by atoms with Gasteiger partial charge in [-0.05, 0) is 74.1 Å². The van der Waals surface area contributed by atoms with Crippen LogP contribution in [-0.4, -0.2) is 113 Å². The zero-order valence-electron chi connectivity index (χ0n) is 30.1. The molecule has 5 aliphatic carbocycles. The summed E-state index contributed by atoms with van der Waals surface area (Å²) in [5.41, 5.74) is -0.0237. The van der Waals surface area contributed by atoms with Gasteiger partial charge in [0.05, 0.1) is 29.8 Å². The van der Waals surface area contributed by atoms with E-state index in [1.54, 1.807) is 50.3 Å². The molecule has 1 aromatic carbocycles. The first-order valence-corrected chi connectivity index (χ1v) is 18.6. The highest BCUT2D eigenvalue weighted by Gasteiger charge is 2.75. The molecular formula is C35H51B5O8S. The predicted molar refractivity (Wildman–Crippen MR) is 205 cm³/mol. The smallest absolute Gasteiger partial charge is 0.338 e. The Bertz CT molecular complexity index is 1540. The summed E-state index contributed by atoms with van der Waals surface area (Å²) in [5, 5.41) is 46.2. The summed E-state index contributed by atoms with van der Waals surface area (Å²) in [6.45, 7) is 2.74. The van der Waals surface area contributed by atoms with Gasteiger partial charge in [-0.15, -0.1) is 0 Å². The number of thiol groups is 1. The Balaban J connectivity index is 1.50. The third-order valence-corrected chi connectivity index (χ3v) is 15.4. The van der Waals surface area contributed by atoms with Gasteiger partial charge in [0, 0.05) is 16.3 Å². The Hall–Kier alpha value is -1.85. The molecular weight excluding hydrogens is 635 g/mol. The molecule has 1 aromatic rings. The van der Waals surface area contributed by atoms with Gasteiger partial charge < -0.3 is 29.9 Å². The number of aliphatic hydroxyl groups is 4. The molecule has 14 atom stereocenters. The van der Waals surface area contributed by atoms with Crippen LogP contribution in [0.2, 0.25) is 21.8 Å². The van der Waals surface area contributed by atoms with E-state index >= 15 is 0 Å². The van der Waals surface area contributed by atoms with Crippen molar-refractivity contribution in [1.82, 2.24) is 0 Å². The number of esters is 2. The van der Waals surface area contributed by atoms with Gasteiger partial charge in [-0.2, -0.15) is 12.6 Å². The second-order valence-corrected chi connectivity index (χ2v) is 18.0. The molecule has 3 unspecified atom stereocenters. The SMILES string of the molecule is B[C@@H]1C2CC[C@]3(B)C(CC=C4C5C[C@@](B)(S)[C@@H](OC(=O)/C(C)=C\C)[C@H](OC(=O)c6ccccc6)[C@]5(CO)[C@H](O)[C@H](O)[C@]43B)[C@@]2(B)CC[C@@H]1O. The van der Waals surface area contributed by atoms with Crippen molar-refractivity contribution >= 4 is 63.8 Å². The molecule has 0 bridgehead atoms. The number of ether oxygens (including phenoxy) is 2. The molecule has 260 valence electrons. The van der Waals surface area contributed by atoms with Crippen molar-refractivity contribution in [2.24, 2.45) is 23.2 Å². The molecule has 0 radical (unpaired) electrons. The first-order chi connectivity index (χ1) is 23.0. The largest absolute Gasteiger partial charge is 0.454 e. The monoisotopic (exact) mass is 686 g/mol. The van der Waals surface area contributed by atoms with Crippen LogP contribution >= 0.6 is 12.6 Å². The second kappa shape index (κ2) is 12.7. The quantitative estimate of drug-likeness (QED) is 0.0913. The lowest BCUT2D eigenvalue weighted by molar-refractivity contribution is -0.236. The lowest BCUT2D eigenvalue weighted by atomic mass is 9.22. The van der Waals surface area contributed by atoms with Gasteiger partial charge in [-0.1, -0.05) is 65.8 Å². The average Bonchev–Trinajstić information content (AvgIpc) is 3.07. The molecule has 4 fully saturated rings. The van der Waals surface area contributed by atoms with Crippen molar-refractivity contribution < 1.29 is 39.5 Å². The van der Waals surface area contributed by atoms with Gasteiger partial charge in [0.25, 0.3) is 0 Å². The minimum absolute atomic E-state index is 0.0603. The van der Waals surface area contributed by atoms with Gasteiger partial charge in [0.1, 0.15) is 45.3 Å². The van der Waals surface area contributed by atoms with Crippen LogP contribution in [0.3, 0.4) is 0 Å². The van der Waals surface area contributed by atoms with Crippen molar-refractivity contribution in [3.05, 3.63) is 59.2 Å². The third-order valence-electron chi connectivity index (χ3n) is 15.0. The molecule has 49 heavy (non-hydrogen) atoms. The van der Waals surface area contributed by atoms with E-state index < -0.39 is 69.6 Å². The Kier molecular flexibility index (Phi) is 9.56. The number of fused-ring (bicyclic) bond motifs is 7. The van der Waals surface area contributed by atoms with Crippen LogP contribution in [-0.2, 0) is 14.3 Å². The van der Waals surface area contributed by atoms with E-state index in [1.807, 2.05) is 7.85 Å². The molecule has 0 saturated heterocycles. The number of carbonyl (C=O) groups is 2. The van der Waals surface area contributed by atoms with Crippen LogP contribution < -0.4 is 0 Å². The Morgan fingerprint density at radius 2 is 1.67 bits per heavy atom. The normalized spacial score (nSPS) is 47.7. The van der Waals surface area contributed by atoms with Crippen molar-refractivity contribution in [2.75, 3.05) is 6.61 Å². The molecule has 0 heterocycles. The molecule has 0 aliphatic heterocycles. The number of allylic oxidation sites excluding steroid dienone is 2. The molecule has 4 saturated carbocycles. The zero-order chi connectivity index (χ0) is 35.9. The van der Waals surface area contributed by atoms with Crippen LogP contribution in [0.25, 0.3) is 0 Å². The maximum Gasteiger partial charge on any atom is 0.338 e. The molecule has 0 amide bonds. The fourth-order valence-corrected chi connectivity index (χ4v) is 12.1. The van der Waals surface area contributed by atoms with Gasteiger partial charge in [-0.25, -0.2) is 9.59 Å². The summed E-state index contributed by atoms with van der Waals surface area (Å²) in [6, 6.07) is 8.46. The van der Waals surface area contributed by atoms with E-state index in [0.29, 0.717) is 17.9 Å². The third kappa shape index (κ3) is 5.15. The number of hydrogen-bond acceptors (Lipinski definition) is 9. The van der Waals surface area contributed by atoms with Crippen LogP contribution in [0.15, 0.2) is 53.6 Å². The second-order valence-electron chi connectivity index (χ2n) is 16.9. The maximum absolute atomic E-state index is 13.8. The highest BCUT2D eigenvalue weighted by Crippen LogP contribution is 2.80. The summed E-state index contributed by atoms with van der Waals surface area (Å²) in [7, 11) is 10.7. The minimum atomic E-state index is -1.60. The van der Waals surface area contributed by atoms with Crippen LogP contribution in [0.1, 0.15) is 62.7 Å². The number of aliphatic hydroxyl groups excluding tert-OH is 4. The highest BCUT2D eigenvalue weighted by molar-refractivity contribution is 7.83. The summed E-state index contributed by atoms with van der Waals surface area (Å²) in [5.74, 6) is -1.12. The molecule has 4 N–H and O–H groups in total. The van der Waals surface area contributed by atoms with E-state index in [-0.39, 0.29) is 28.7 Å². The Morgan fingerprint density at radius 3 is 2.31 bits per heavy atom. The first-order valence-electron chi connectivity index (χ1n) is 18.1. The minimum Gasteiger partial charge on any atom is -0.454 e. The van der Waals surface area contributed by atoms with Crippen molar-refractivity contribution in [2.45, 2.75) is 109 Å². The van der Waals surface area contributed by atoms with Crippen molar-refractivity contribution in [3.63, 3.8) is 0 Å². The molecule has 8 nitrogen and oxygen atoms in total. The molecule has 5 aliphatic rings. The van der Waals surface area contributed by atoms with Crippen molar-refractivity contribution in [1.29, 1.82) is 0 Å². The number of benzene rings is 1. The van der Waals surface area contributed by atoms with Gasteiger partial charge in [-0.3, -0.25) is 0 Å². The van der Waals surface area contributed by atoms with Crippen LogP contribution in [0.5, 0.6) is 0 Å². The zero-order valence-corrected chi connectivity index (χ0v) is 31.0. The fraction of sp³-hybridized carbons (Fsp3) is 0.657. The molecule has 0 aromatic heterocycles. The van der Waals surface area contributed by atoms with Crippen molar-refractivity contribution in [3.8, 4) is 0 Å². The summed E-state index contributed by atoms with van der Waals surface area (Å²) < 4.78 is 11.4. The van der Waals surface area contributed by atoms with Gasteiger partial charge in [0.2, 0.25) is 0 Å². The molecule has 14 heteroatoms. The predicted octanol–water partition coefficient (Wildman–Crippen LogP) is -0.609. The lowest BCUT2D eigenvalue weighted by Gasteiger charge is -2.73. The standard InChI is InChI=1S/C35H51B5O8S/c1-3-17(2)29(45)48-28-27(47-30(46)18-7-5-4-6-8-18)31(16-41)21(15-34(28,39)49)19-9-10-23-32(37)13-12-22(42)24(36)20(32)11-14-33(23,38)35(19,40)26(44)25(31)43/h3-9,20-28,41-44,49H,10-16,36-40H2,1-2H3/b17-3-/t20?,21?,22-,23?,24+,25+,26-,27-,28-,31-,32+,33-,34+,35+/m0/s1. The summed E-state index contributed by atoms with van der Waals surface area (Å²) in [4.78, 5) is 27.1. The maximum atomic E-state index is 13.8. The lowest BCUT2D eigenvalue weighted by Crippen LogP contribution is -2.75. The molecule has 0 spiro atoms. The fourth-order valence-electron chi connectivity index (χ4n) is 11.8. The van der Waals surface area contributed by atoms with Crippen LogP contribution in [0.4, 0.5) is 0 Å². The topological polar surface area (TPSA) is 134 Å². The Labute approximate surface area is 300 Å². The van der Waals surface area contributed by atoms with Crippen LogP contribution in [0, 0.1) is 23.2 Å². The van der Waals surface area contributed by atoms with E-state index in [2.05, 4.69) is 37.5 Å². The van der Waals surface area contributed by atoms with E-state index in [9.17, 15) is 30.0 Å². The first kappa shape index (κ1) is 36.9. The number of hydrogen-bond donors (Lipinski definition) is 5. The number of rotatable bonds is 5. The van der Waals surface area contributed by atoms with E-state index in [0.717, 1.165) is 37.7 Å². The van der Waals surface area contributed by atoms with E-state index in [4.69, 9.17) is 22.1 Å². The van der Waals surface area contributed by atoms with E-state index in [1.165, 1.54) is 0 Å². The number of carbonyl (C=O) groups excluding carboxylic acids is 2. The van der Waals surface area contributed by atoms with Gasteiger partial charge in [0.15, 0.2) is 6.10 Å².